The summed E-state index contributed by atoms with van der Waals surface area (Å²) in [6.07, 6.45) is -0.246. The maximum absolute atomic E-state index is 13.5. The van der Waals surface area contributed by atoms with Crippen LogP contribution in [-0.4, -0.2) is 45.0 Å². The van der Waals surface area contributed by atoms with Crippen molar-refractivity contribution in [2.75, 3.05) is 5.32 Å². The molecule has 4 rings (SSSR count). The number of carbonyl (C=O) groups is 3. The third-order valence-corrected chi connectivity index (χ3v) is 7.06. The molecule has 3 aromatic rings. The summed E-state index contributed by atoms with van der Waals surface area (Å²) in [5.41, 5.74) is -1.53. The van der Waals surface area contributed by atoms with Gasteiger partial charge in [-0.05, 0) is 38.3 Å². The van der Waals surface area contributed by atoms with Crippen molar-refractivity contribution in [3.8, 4) is 0 Å². The van der Waals surface area contributed by atoms with Crippen LogP contribution in [0.15, 0.2) is 65.8 Å². The summed E-state index contributed by atoms with van der Waals surface area (Å²) >= 11 is 7.07. The van der Waals surface area contributed by atoms with Crippen molar-refractivity contribution in [3.05, 3.63) is 81.8 Å². The van der Waals surface area contributed by atoms with Crippen LogP contribution in [0, 0.1) is 0 Å². The highest BCUT2D eigenvalue weighted by Crippen LogP contribution is 2.40. The monoisotopic (exact) mass is 585 g/mol. The van der Waals surface area contributed by atoms with Crippen molar-refractivity contribution in [3.63, 3.8) is 0 Å². The van der Waals surface area contributed by atoms with E-state index in [9.17, 15) is 19.5 Å². The van der Waals surface area contributed by atoms with Crippen LogP contribution in [0.5, 0.6) is 0 Å². The summed E-state index contributed by atoms with van der Waals surface area (Å²) in [5.74, 6) is -2.15. The van der Waals surface area contributed by atoms with E-state index in [1.54, 1.807) is 20.8 Å². The molecule has 0 saturated heterocycles. The number of halogens is 1. The quantitative estimate of drug-likeness (QED) is 0.172. The smallest absolute Gasteiger partial charge is 0.413 e. The Morgan fingerprint density at radius 3 is 2.10 bits per heavy atom. The first-order chi connectivity index (χ1) is 19.0. The predicted molar refractivity (Wildman–Crippen MR) is 150 cm³/mol. The fourth-order valence-corrected chi connectivity index (χ4v) is 4.87. The third-order valence-electron chi connectivity index (χ3n) is 5.90. The van der Waals surface area contributed by atoms with Gasteiger partial charge in [0, 0.05) is 12.8 Å². The topological polar surface area (TPSA) is 136 Å². The molecular formula is C28H28ClN3O7S. The second-order valence-corrected chi connectivity index (χ2v) is 11.7. The van der Waals surface area contributed by atoms with E-state index in [1.165, 1.54) is 0 Å². The first-order valence-corrected chi connectivity index (χ1v) is 13.6. The van der Waals surface area contributed by atoms with E-state index in [-0.39, 0.29) is 28.0 Å². The van der Waals surface area contributed by atoms with Crippen LogP contribution in [0.25, 0.3) is 0 Å². The minimum atomic E-state index is -1.48. The number of nitrogens with zero attached hydrogens (tertiary/aromatic N) is 2. The molecule has 0 aliphatic heterocycles. The number of aliphatic carboxylic acids is 1. The Morgan fingerprint density at radius 1 is 1.05 bits per heavy atom. The van der Waals surface area contributed by atoms with E-state index in [0.717, 1.165) is 22.5 Å². The average Bonchev–Trinajstić information content (AvgIpc) is 3.22. The zero-order valence-electron chi connectivity index (χ0n) is 22.0. The Hall–Kier alpha value is -3.96. The number of carbonyl (C=O) groups excluding carboxylic acids is 2. The molecule has 0 atom stereocenters. The van der Waals surface area contributed by atoms with Crippen LogP contribution < -0.4 is 5.32 Å². The molecule has 2 aromatic carbocycles. The van der Waals surface area contributed by atoms with Gasteiger partial charge in [0.25, 0.3) is 0 Å². The summed E-state index contributed by atoms with van der Waals surface area (Å²) in [4.78, 5) is 47.3. The van der Waals surface area contributed by atoms with Gasteiger partial charge in [-0.1, -0.05) is 88.8 Å². The fourth-order valence-electron chi connectivity index (χ4n) is 3.84. The molecule has 12 heteroatoms. The molecule has 0 radical (unpaired) electrons. The van der Waals surface area contributed by atoms with E-state index in [4.69, 9.17) is 25.9 Å². The molecule has 210 valence electrons. The number of oxime groups is 1. The molecule has 1 aliphatic carbocycles. The molecule has 10 nitrogen and oxygen atoms in total. The van der Waals surface area contributed by atoms with Crippen LogP contribution in [0.3, 0.4) is 0 Å². The molecule has 1 fully saturated rings. The van der Waals surface area contributed by atoms with Crippen molar-refractivity contribution in [2.24, 2.45) is 5.16 Å². The molecule has 2 N–H and O–H groups in total. The number of amides is 1. The van der Waals surface area contributed by atoms with E-state index in [2.05, 4.69) is 15.5 Å². The number of nitrogens with one attached hydrogen (secondary N) is 1. The maximum Gasteiger partial charge on any atom is 0.413 e. The van der Waals surface area contributed by atoms with Gasteiger partial charge in [0.15, 0.2) is 11.2 Å². The Bertz CT molecular complexity index is 1360. The maximum atomic E-state index is 13.5. The van der Waals surface area contributed by atoms with E-state index < -0.39 is 41.0 Å². The minimum Gasteiger partial charge on any atom is -0.476 e. The molecular weight excluding hydrogens is 558 g/mol. The van der Waals surface area contributed by atoms with Crippen molar-refractivity contribution >= 4 is 51.8 Å². The number of ether oxygens (including phenoxy) is 2. The molecule has 1 aliphatic rings. The van der Waals surface area contributed by atoms with Gasteiger partial charge in [-0.3, -0.25) is 5.32 Å². The van der Waals surface area contributed by atoms with Gasteiger partial charge in [-0.2, -0.15) is 0 Å². The summed E-state index contributed by atoms with van der Waals surface area (Å²) < 4.78 is 11.1. The number of aromatic nitrogens is 1. The number of thiazole rings is 1. The summed E-state index contributed by atoms with van der Waals surface area (Å²) in [7, 11) is 0. The van der Waals surface area contributed by atoms with Crippen molar-refractivity contribution in [2.45, 2.75) is 57.3 Å². The largest absolute Gasteiger partial charge is 0.476 e. The van der Waals surface area contributed by atoms with Gasteiger partial charge in [-0.25, -0.2) is 19.4 Å². The van der Waals surface area contributed by atoms with Gasteiger partial charge in [0.1, 0.15) is 15.6 Å². The standard InChI is InChI=1S/C28H28ClN3O7S/c1-27(2,3)38-26(36)31-25-30-19(22(29)40-25)20(23(33)34)32-39-28(15-10-16-28)24(35)37-21(17-11-6-4-7-12-17)18-13-8-5-9-14-18/h4-9,11-14,21H,10,15-16H2,1-3H3,(H,33,34)(H,30,31,36)/b32-20-. The van der Waals surface area contributed by atoms with Gasteiger partial charge < -0.3 is 19.4 Å². The Balaban J connectivity index is 1.55. The number of rotatable bonds is 9. The van der Waals surface area contributed by atoms with Crippen LogP contribution in [0.1, 0.15) is 63.0 Å². The van der Waals surface area contributed by atoms with E-state index in [1.807, 2.05) is 60.7 Å². The fraction of sp³-hybridized carbons (Fsp3) is 0.321. The highest BCUT2D eigenvalue weighted by Gasteiger charge is 2.50. The van der Waals surface area contributed by atoms with Crippen molar-refractivity contribution in [1.29, 1.82) is 0 Å². The summed E-state index contributed by atoms with van der Waals surface area (Å²) in [5, 5.41) is 16.1. The number of carboxylic acids is 1. The number of anilines is 1. The second-order valence-electron chi connectivity index (χ2n) is 10.1. The molecule has 0 bridgehead atoms. The molecule has 40 heavy (non-hydrogen) atoms. The molecule has 1 aromatic heterocycles. The highest BCUT2D eigenvalue weighted by atomic mass is 35.5. The van der Waals surface area contributed by atoms with Crippen LogP contribution in [0.2, 0.25) is 4.34 Å². The first kappa shape index (κ1) is 29.0. The average molecular weight is 586 g/mol. The molecule has 1 heterocycles. The minimum absolute atomic E-state index is 0.00883. The van der Waals surface area contributed by atoms with Gasteiger partial charge in [0.05, 0.1) is 0 Å². The lowest BCUT2D eigenvalue weighted by molar-refractivity contribution is -0.189. The molecule has 0 spiro atoms. The lowest BCUT2D eigenvalue weighted by atomic mass is 9.80. The van der Waals surface area contributed by atoms with E-state index >= 15 is 0 Å². The number of hydrogen-bond acceptors (Lipinski definition) is 9. The normalized spacial score (nSPS) is 14.7. The van der Waals surface area contributed by atoms with Gasteiger partial charge in [-0.15, -0.1) is 0 Å². The number of benzene rings is 2. The Labute approximate surface area is 239 Å². The predicted octanol–water partition coefficient (Wildman–Crippen LogP) is 6.20. The second kappa shape index (κ2) is 12.1. The molecule has 1 amide bonds. The highest BCUT2D eigenvalue weighted by molar-refractivity contribution is 7.20. The van der Waals surface area contributed by atoms with Crippen LogP contribution >= 0.6 is 22.9 Å². The number of hydrogen-bond donors (Lipinski definition) is 2. The lowest BCUT2D eigenvalue weighted by Crippen LogP contribution is -2.48. The SMILES string of the molecule is CC(C)(C)OC(=O)Nc1nc(/C(=N/OC2(C(=O)OC(c3ccccc3)c3ccccc3)CCC2)C(=O)O)c(Cl)s1. The Morgan fingerprint density at radius 2 is 1.62 bits per heavy atom. The zero-order valence-corrected chi connectivity index (χ0v) is 23.6. The lowest BCUT2D eigenvalue weighted by Gasteiger charge is -2.37. The van der Waals surface area contributed by atoms with Crippen molar-refractivity contribution < 1.29 is 33.8 Å². The van der Waals surface area contributed by atoms with Crippen LogP contribution in [-0.2, 0) is 23.9 Å². The Kier molecular flexibility index (Phi) is 8.75. The zero-order chi connectivity index (χ0) is 28.9. The number of esters is 1. The van der Waals surface area contributed by atoms with E-state index in [0.29, 0.717) is 6.42 Å². The summed E-state index contributed by atoms with van der Waals surface area (Å²) in [6.45, 7) is 5.09. The molecule has 1 saturated carbocycles. The van der Waals surface area contributed by atoms with Gasteiger partial charge >= 0.3 is 18.0 Å². The summed E-state index contributed by atoms with van der Waals surface area (Å²) in [6, 6.07) is 18.5. The first-order valence-electron chi connectivity index (χ1n) is 12.4. The van der Waals surface area contributed by atoms with Crippen molar-refractivity contribution in [1.82, 2.24) is 4.98 Å². The van der Waals surface area contributed by atoms with Crippen LogP contribution in [0.4, 0.5) is 9.93 Å². The van der Waals surface area contributed by atoms with Gasteiger partial charge in [0.2, 0.25) is 11.3 Å². The number of carboxylic acid groups (broad SMARTS) is 1. The third kappa shape index (κ3) is 6.97. The molecule has 0 unspecified atom stereocenters.